The molecular weight excluding hydrogens is 367 g/mol. The van der Waals surface area contributed by atoms with Gasteiger partial charge in [-0.2, -0.15) is 0 Å². The SMILES string of the molecule is N[C@H](Cc1cccc2ccccc12)C(=O)N1CC[C@H](O)[C@@H]1Cc1ccc(F)cc1. The van der Waals surface area contributed by atoms with E-state index in [1.807, 2.05) is 42.5 Å². The zero-order valence-corrected chi connectivity index (χ0v) is 16.2. The van der Waals surface area contributed by atoms with Gasteiger partial charge in [-0.3, -0.25) is 4.79 Å². The smallest absolute Gasteiger partial charge is 0.240 e. The standard InChI is InChI=1S/C24H25FN2O2/c25-19-10-8-16(9-11-19)14-22-23(28)12-13-27(22)24(29)21(26)15-18-6-3-5-17-4-1-2-7-20(17)18/h1-11,21-23,28H,12-15,26H2/t21-,22+,23+/m1/s1. The molecule has 0 saturated carbocycles. The Balaban J connectivity index is 1.50. The van der Waals surface area contributed by atoms with E-state index in [0.29, 0.717) is 25.8 Å². The number of aliphatic hydroxyl groups excluding tert-OH is 1. The third kappa shape index (κ3) is 4.16. The number of rotatable bonds is 5. The highest BCUT2D eigenvalue weighted by Crippen LogP contribution is 2.24. The number of amides is 1. The fraction of sp³-hybridized carbons (Fsp3) is 0.292. The molecule has 1 heterocycles. The number of hydrogen-bond acceptors (Lipinski definition) is 3. The zero-order valence-electron chi connectivity index (χ0n) is 16.2. The molecule has 0 aromatic heterocycles. The molecule has 3 N–H and O–H groups in total. The highest BCUT2D eigenvalue weighted by atomic mass is 19.1. The Morgan fingerprint density at radius 3 is 2.62 bits per heavy atom. The number of aliphatic hydroxyl groups is 1. The van der Waals surface area contributed by atoms with Crippen LogP contribution in [0.1, 0.15) is 17.5 Å². The first-order chi connectivity index (χ1) is 14.0. The van der Waals surface area contributed by atoms with Crippen molar-refractivity contribution in [2.45, 2.75) is 37.5 Å². The van der Waals surface area contributed by atoms with Gasteiger partial charge < -0.3 is 15.7 Å². The Morgan fingerprint density at radius 2 is 1.83 bits per heavy atom. The second kappa shape index (κ2) is 8.31. The number of likely N-dealkylation sites (tertiary alicyclic amines) is 1. The number of carbonyl (C=O) groups excluding carboxylic acids is 1. The predicted molar refractivity (Wildman–Crippen MR) is 112 cm³/mol. The quantitative estimate of drug-likeness (QED) is 0.701. The lowest BCUT2D eigenvalue weighted by Gasteiger charge is -2.29. The Morgan fingerprint density at radius 1 is 1.10 bits per heavy atom. The first-order valence-corrected chi connectivity index (χ1v) is 9.98. The third-order valence-electron chi connectivity index (χ3n) is 5.79. The van der Waals surface area contributed by atoms with E-state index in [4.69, 9.17) is 5.73 Å². The number of nitrogens with two attached hydrogens (primary N) is 1. The van der Waals surface area contributed by atoms with Crippen LogP contribution in [-0.2, 0) is 17.6 Å². The van der Waals surface area contributed by atoms with Crippen molar-refractivity contribution < 1.29 is 14.3 Å². The van der Waals surface area contributed by atoms with Crippen LogP contribution in [0.2, 0.25) is 0 Å². The van der Waals surface area contributed by atoms with Gasteiger partial charge in [-0.05, 0) is 53.3 Å². The summed E-state index contributed by atoms with van der Waals surface area (Å²) in [6.45, 7) is 0.481. The van der Waals surface area contributed by atoms with Crippen LogP contribution in [0.4, 0.5) is 4.39 Å². The summed E-state index contributed by atoms with van der Waals surface area (Å²) in [5.74, 6) is -0.452. The van der Waals surface area contributed by atoms with Gasteiger partial charge in [0, 0.05) is 6.54 Å². The van der Waals surface area contributed by atoms with Crippen LogP contribution >= 0.6 is 0 Å². The fourth-order valence-electron chi connectivity index (χ4n) is 4.23. The minimum Gasteiger partial charge on any atom is -0.391 e. The lowest BCUT2D eigenvalue weighted by molar-refractivity contribution is -0.134. The number of hydrogen-bond donors (Lipinski definition) is 2. The Hall–Kier alpha value is -2.76. The van der Waals surface area contributed by atoms with Crippen molar-refractivity contribution in [1.82, 2.24) is 4.90 Å². The summed E-state index contributed by atoms with van der Waals surface area (Å²) in [5.41, 5.74) is 8.25. The van der Waals surface area contributed by atoms with Crippen LogP contribution in [0, 0.1) is 5.82 Å². The molecule has 0 radical (unpaired) electrons. The average Bonchev–Trinajstić information content (AvgIpc) is 3.09. The molecule has 0 spiro atoms. The molecule has 4 nitrogen and oxygen atoms in total. The number of nitrogens with zero attached hydrogens (tertiary/aromatic N) is 1. The van der Waals surface area contributed by atoms with Gasteiger partial charge in [0.25, 0.3) is 0 Å². The molecule has 0 unspecified atom stereocenters. The van der Waals surface area contributed by atoms with Crippen molar-refractivity contribution >= 4 is 16.7 Å². The summed E-state index contributed by atoms with van der Waals surface area (Å²) < 4.78 is 13.2. The van der Waals surface area contributed by atoms with Gasteiger partial charge in [0.2, 0.25) is 5.91 Å². The zero-order chi connectivity index (χ0) is 20.4. The normalized spacial score (nSPS) is 20.2. The van der Waals surface area contributed by atoms with E-state index in [1.54, 1.807) is 17.0 Å². The number of benzene rings is 3. The van der Waals surface area contributed by atoms with E-state index in [0.717, 1.165) is 21.9 Å². The van der Waals surface area contributed by atoms with E-state index < -0.39 is 12.1 Å². The second-order valence-electron chi connectivity index (χ2n) is 7.73. The average molecular weight is 392 g/mol. The maximum absolute atomic E-state index is 13.2. The molecule has 1 fully saturated rings. The maximum atomic E-state index is 13.2. The molecule has 0 bridgehead atoms. The van der Waals surface area contributed by atoms with Crippen LogP contribution in [0.15, 0.2) is 66.7 Å². The molecule has 150 valence electrons. The Labute approximate surface area is 169 Å². The number of halogens is 1. The minimum atomic E-state index is -0.679. The summed E-state index contributed by atoms with van der Waals surface area (Å²) in [5, 5.41) is 12.6. The van der Waals surface area contributed by atoms with Crippen LogP contribution < -0.4 is 5.73 Å². The van der Waals surface area contributed by atoms with E-state index in [2.05, 4.69) is 0 Å². The molecule has 3 aromatic carbocycles. The minimum absolute atomic E-state index is 0.151. The molecule has 1 aliphatic heterocycles. The van der Waals surface area contributed by atoms with Gasteiger partial charge in [0.15, 0.2) is 0 Å². The van der Waals surface area contributed by atoms with E-state index in [-0.39, 0.29) is 17.8 Å². The van der Waals surface area contributed by atoms with Gasteiger partial charge in [-0.15, -0.1) is 0 Å². The van der Waals surface area contributed by atoms with Gasteiger partial charge >= 0.3 is 0 Å². The van der Waals surface area contributed by atoms with Gasteiger partial charge in [0.05, 0.1) is 18.2 Å². The maximum Gasteiger partial charge on any atom is 0.240 e. The third-order valence-corrected chi connectivity index (χ3v) is 5.79. The Kier molecular flexibility index (Phi) is 5.60. The first kappa shape index (κ1) is 19.6. The number of carbonyl (C=O) groups is 1. The van der Waals surface area contributed by atoms with Crippen molar-refractivity contribution in [1.29, 1.82) is 0 Å². The fourth-order valence-corrected chi connectivity index (χ4v) is 4.23. The summed E-state index contributed by atoms with van der Waals surface area (Å²) in [7, 11) is 0. The Bertz CT molecular complexity index is 1000. The monoisotopic (exact) mass is 392 g/mol. The van der Waals surface area contributed by atoms with Crippen molar-refractivity contribution in [3.8, 4) is 0 Å². The van der Waals surface area contributed by atoms with E-state index in [1.165, 1.54) is 12.1 Å². The molecule has 0 aliphatic carbocycles. The van der Waals surface area contributed by atoms with Crippen LogP contribution in [0.3, 0.4) is 0 Å². The molecule has 4 rings (SSSR count). The van der Waals surface area contributed by atoms with Gasteiger partial charge in [0.1, 0.15) is 5.82 Å². The summed E-state index contributed by atoms with van der Waals surface area (Å²) in [6, 6.07) is 19.2. The summed E-state index contributed by atoms with van der Waals surface area (Å²) in [6.07, 6.45) is 0.844. The first-order valence-electron chi connectivity index (χ1n) is 9.98. The molecular formula is C24H25FN2O2. The van der Waals surface area contributed by atoms with Crippen LogP contribution in [-0.4, -0.2) is 40.6 Å². The van der Waals surface area contributed by atoms with Crippen molar-refractivity contribution in [3.05, 3.63) is 83.7 Å². The van der Waals surface area contributed by atoms with Gasteiger partial charge in [-0.25, -0.2) is 4.39 Å². The van der Waals surface area contributed by atoms with Crippen molar-refractivity contribution in [2.24, 2.45) is 5.73 Å². The van der Waals surface area contributed by atoms with Gasteiger partial charge in [-0.1, -0.05) is 54.6 Å². The van der Waals surface area contributed by atoms with Crippen molar-refractivity contribution in [2.75, 3.05) is 6.54 Å². The lowest BCUT2D eigenvalue weighted by Crippen LogP contribution is -2.49. The highest BCUT2D eigenvalue weighted by Gasteiger charge is 2.37. The highest BCUT2D eigenvalue weighted by molar-refractivity contribution is 5.87. The summed E-state index contributed by atoms with van der Waals surface area (Å²) >= 11 is 0. The van der Waals surface area contributed by atoms with Crippen LogP contribution in [0.5, 0.6) is 0 Å². The van der Waals surface area contributed by atoms with Crippen molar-refractivity contribution in [3.63, 3.8) is 0 Å². The number of fused-ring (bicyclic) bond motifs is 1. The topological polar surface area (TPSA) is 66.6 Å². The molecule has 3 aromatic rings. The van der Waals surface area contributed by atoms with E-state index in [9.17, 15) is 14.3 Å². The van der Waals surface area contributed by atoms with Crippen LogP contribution in [0.25, 0.3) is 10.8 Å². The molecule has 5 heteroatoms. The molecule has 29 heavy (non-hydrogen) atoms. The molecule has 1 aliphatic rings. The molecule has 3 atom stereocenters. The largest absolute Gasteiger partial charge is 0.391 e. The summed E-state index contributed by atoms with van der Waals surface area (Å²) in [4.78, 5) is 14.8. The second-order valence-corrected chi connectivity index (χ2v) is 7.73. The lowest BCUT2D eigenvalue weighted by atomic mass is 9.97. The van der Waals surface area contributed by atoms with E-state index >= 15 is 0 Å². The molecule has 1 saturated heterocycles. The predicted octanol–water partition coefficient (Wildman–Crippen LogP) is 3.05. The molecule has 1 amide bonds.